The van der Waals surface area contributed by atoms with Crippen LogP contribution in [0, 0.1) is 5.92 Å². The molecule has 0 saturated carbocycles. The van der Waals surface area contributed by atoms with Crippen molar-refractivity contribution in [2.24, 2.45) is 5.92 Å². The SMILES string of the molecule is COc1ccc(CSCC(=O)N[C@@H](C)C(C)C)cc1. The van der Waals surface area contributed by atoms with Crippen LogP contribution in [0.2, 0.25) is 0 Å². The molecule has 1 N–H and O–H groups in total. The minimum Gasteiger partial charge on any atom is -0.497 e. The average Bonchev–Trinajstić information content (AvgIpc) is 2.39. The van der Waals surface area contributed by atoms with Gasteiger partial charge in [-0.25, -0.2) is 0 Å². The van der Waals surface area contributed by atoms with Crippen molar-refractivity contribution in [3.8, 4) is 5.75 Å². The van der Waals surface area contributed by atoms with Crippen molar-refractivity contribution >= 4 is 17.7 Å². The number of carbonyl (C=O) groups excluding carboxylic acids is 1. The van der Waals surface area contributed by atoms with Gasteiger partial charge in [-0.1, -0.05) is 26.0 Å². The zero-order chi connectivity index (χ0) is 14.3. The molecule has 0 fully saturated rings. The number of hydrogen-bond acceptors (Lipinski definition) is 3. The van der Waals surface area contributed by atoms with Crippen LogP contribution in [0.25, 0.3) is 0 Å². The van der Waals surface area contributed by atoms with Gasteiger partial charge in [0.05, 0.1) is 12.9 Å². The smallest absolute Gasteiger partial charge is 0.230 e. The van der Waals surface area contributed by atoms with Crippen LogP contribution in [0.5, 0.6) is 5.75 Å². The number of ether oxygens (including phenoxy) is 1. The van der Waals surface area contributed by atoms with Gasteiger partial charge in [-0.3, -0.25) is 4.79 Å². The van der Waals surface area contributed by atoms with Crippen LogP contribution in [0.4, 0.5) is 0 Å². The van der Waals surface area contributed by atoms with E-state index in [0.29, 0.717) is 11.7 Å². The third-order valence-electron chi connectivity index (χ3n) is 3.05. The summed E-state index contributed by atoms with van der Waals surface area (Å²) in [4.78, 5) is 11.7. The number of amides is 1. The fraction of sp³-hybridized carbons (Fsp3) is 0.533. The van der Waals surface area contributed by atoms with E-state index in [-0.39, 0.29) is 11.9 Å². The van der Waals surface area contributed by atoms with Crippen molar-refractivity contribution in [1.82, 2.24) is 5.32 Å². The summed E-state index contributed by atoms with van der Waals surface area (Å²) in [5.74, 6) is 2.78. The van der Waals surface area contributed by atoms with E-state index in [0.717, 1.165) is 11.5 Å². The molecule has 0 aliphatic carbocycles. The molecule has 0 saturated heterocycles. The molecule has 106 valence electrons. The Bertz CT molecular complexity index is 390. The minimum absolute atomic E-state index is 0.111. The molecule has 1 aromatic rings. The maximum atomic E-state index is 11.7. The lowest BCUT2D eigenvalue weighted by atomic mass is 10.1. The maximum absolute atomic E-state index is 11.7. The van der Waals surface area contributed by atoms with E-state index in [1.807, 2.05) is 31.2 Å². The Labute approximate surface area is 120 Å². The fourth-order valence-corrected chi connectivity index (χ4v) is 2.24. The standard InChI is InChI=1S/C15H23NO2S/c1-11(2)12(3)16-15(17)10-19-9-13-5-7-14(18-4)8-6-13/h5-8,11-12H,9-10H2,1-4H3,(H,16,17)/t12-/m0/s1. The van der Waals surface area contributed by atoms with Crippen molar-refractivity contribution in [3.63, 3.8) is 0 Å². The summed E-state index contributed by atoms with van der Waals surface area (Å²) in [6.07, 6.45) is 0. The zero-order valence-electron chi connectivity index (χ0n) is 12.1. The number of carbonyl (C=O) groups is 1. The summed E-state index contributed by atoms with van der Waals surface area (Å²) in [5, 5.41) is 3.00. The molecule has 0 unspecified atom stereocenters. The second-order valence-electron chi connectivity index (χ2n) is 4.94. The van der Waals surface area contributed by atoms with Crippen LogP contribution in [0.1, 0.15) is 26.3 Å². The van der Waals surface area contributed by atoms with Gasteiger partial charge in [-0.15, -0.1) is 11.8 Å². The van der Waals surface area contributed by atoms with Gasteiger partial charge < -0.3 is 10.1 Å². The third kappa shape index (κ3) is 6.01. The lowest BCUT2D eigenvalue weighted by Gasteiger charge is -2.17. The average molecular weight is 281 g/mol. The second kappa shape index (κ2) is 8.10. The number of thioether (sulfide) groups is 1. The maximum Gasteiger partial charge on any atom is 0.230 e. The van der Waals surface area contributed by atoms with Crippen LogP contribution >= 0.6 is 11.8 Å². The monoisotopic (exact) mass is 281 g/mol. The lowest BCUT2D eigenvalue weighted by Crippen LogP contribution is -2.37. The highest BCUT2D eigenvalue weighted by molar-refractivity contribution is 7.99. The Kier molecular flexibility index (Phi) is 6.78. The van der Waals surface area contributed by atoms with Crippen LogP contribution < -0.4 is 10.1 Å². The Morgan fingerprint density at radius 1 is 1.26 bits per heavy atom. The van der Waals surface area contributed by atoms with Crippen LogP contribution in [0.15, 0.2) is 24.3 Å². The van der Waals surface area contributed by atoms with Gasteiger partial charge in [0.2, 0.25) is 5.91 Å². The van der Waals surface area contributed by atoms with Gasteiger partial charge in [-0.05, 0) is 30.5 Å². The normalized spacial score (nSPS) is 12.3. The number of methoxy groups -OCH3 is 1. The molecule has 0 aliphatic rings. The Balaban J connectivity index is 2.27. The van der Waals surface area contributed by atoms with Crippen LogP contribution in [0.3, 0.4) is 0 Å². The van der Waals surface area contributed by atoms with Crippen LogP contribution in [-0.2, 0) is 10.5 Å². The second-order valence-corrected chi connectivity index (χ2v) is 5.93. The molecule has 0 radical (unpaired) electrons. The number of benzene rings is 1. The summed E-state index contributed by atoms with van der Waals surface area (Å²) >= 11 is 1.63. The quantitative estimate of drug-likeness (QED) is 0.834. The summed E-state index contributed by atoms with van der Waals surface area (Å²) in [6.45, 7) is 6.25. The lowest BCUT2D eigenvalue weighted by molar-refractivity contribution is -0.119. The number of hydrogen-bond donors (Lipinski definition) is 1. The molecule has 1 aromatic carbocycles. The van der Waals surface area contributed by atoms with Gasteiger partial charge >= 0.3 is 0 Å². The highest BCUT2D eigenvalue weighted by Gasteiger charge is 2.10. The summed E-state index contributed by atoms with van der Waals surface area (Å²) < 4.78 is 5.11. The van der Waals surface area contributed by atoms with E-state index in [9.17, 15) is 4.79 Å². The van der Waals surface area contributed by atoms with E-state index >= 15 is 0 Å². The highest BCUT2D eigenvalue weighted by Crippen LogP contribution is 2.16. The molecule has 1 amide bonds. The molecule has 1 atom stereocenters. The first-order chi connectivity index (χ1) is 9.02. The van der Waals surface area contributed by atoms with E-state index in [2.05, 4.69) is 19.2 Å². The Hall–Kier alpha value is -1.16. The summed E-state index contributed by atoms with van der Waals surface area (Å²) in [7, 11) is 1.66. The Morgan fingerprint density at radius 2 is 1.89 bits per heavy atom. The first kappa shape index (κ1) is 15.9. The largest absolute Gasteiger partial charge is 0.497 e. The van der Waals surface area contributed by atoms with Crippen molar-refractivity contribution < 1.29 is 9.53 Å². The third-order valence-corrected chi connectivity index (χ3v) is 4.05. The molecule has 1 rings (SSSR count). The zero-order valence-corrected chi connectivity index (χ0v) is 12.9. The topological polar surface area (TPSA) is 38.3 Å². The first-order valence-electron chi connectivity index (χ1n) is 6.53. The molecule has 0 aromatic heterocycles. The minimum atomic E-state index is 0.111. The van der Waals surface area contributed by atoms with Crippen molar-refractivity contribution in [2.75, 3.05) is 12.9 Å². The van der Waals surface area contributed by atoms with Gasteiger partial charge in [0.25, 0.3) is 0 Å². The van der Waals surface area contributed by atoms with Crippen LogP contribution in [-0.4, -0.2) is 24.8 Å². The van der Waals surface area contributed by atoms with Gasteiger partial charge in [0.1, 0.15) is 5.75 Å². The highest BCUT2D eigenvalue weighted by atomic mass is 32.2. The molecule has 19 heavy (non-hydrogen) atoms. The van der Waals surface area contributed by atoms with Crippen molar-refractivity contribution in [1.29, 1.82) is 0 Å². The first-order valence-corrected chi connectivity index (χ1v) is 7.68. The number of rotatable bonds is 7. The number of nitrogens with one attached hydrogen (secondary N) is 1. The molecule has 3 nitrogen and oxygen atoms in total. The molecular weight excluding hydrogens is 258 g/mol. The van der Waals surface area contributed by atoms with E-state index in [1.54, 1.807) is 18.9 Å². The molecule has 0 aliphatic heterocycles. The molecular formula is C15H23NO2S. The predicted molar refractivity (Wildman–Crippen MR) is 81.6 cm³/mol. The van der Waals surface area contributed by atoms with Crippen molar-refractivity contribution in [2.45, 2.75) is 32.6 Å². The molecule has 0 bridgehead atoms. The van der Waals surface area contributed by atoms with Gasteiger partial charge in [-0.2, -0.15) is 0 Å². The fourth-order valence-electron chi connectivity index (χ4n) is 1.45. The van der Waals surface area contributed by atoms with E-state index < -0.39 is 0 Å². The molecule has 0 heterocycles. The van der Waals surface area contributed by atoms with Gasteiger partial charge in [0.15, 0.2) is 0 Å². The summed E-state index contributed by atoms with van der Waals surface area (Å²) in [6, 6.07) is 8.17. The van der Waals surface area contributed by atoms with E-state index in [1.165, 1.54) is 5.56 Å². The Morgan fingerprint density at radius 3 is 2.42 bits per heavy atom. The van der Waals surface area contributed by atoms with Gasteiger partial charge in [0, 0.05) is 11.8 Å². The predicted octanol–water partition coefficient (Wildman–Crippen LogP) is 3.09. The van der Waals surface area contributed by atoms with Crippen molar-refractivity contribution in [3.05, 3.63) is 29.8 Å². The molecule has 0 spiro atoms. The molecule has 4 heteroatoms. The summed E-state index contributed by atoms with van der Waals surface area (Å²) in [5.41, 5.74) is 1.20. The van der Waals surface area contributed by atoms with E-state index in [4.69, 9.17) is 4.74 Å².